The van der Waals surface area contributed by atoms with Gasteiger partial charge in [-0.3, -0.25) is 0 Å². The maximum Gasteiger partial charge on any atom is 0.195 e. The van der Waals surface area contributed by atoms with Gasteiger partial charge in [0.1, 0.15) is 0 Å². The molecule has 78 valence electrons. The molecule has 7 nitrogen and oxygen atoms in total. The number of nitrogens with two attached hydrogens (primary N) is 1. The molecule has 0 aromatic carbocycles. The fourth-order valence-electron chi connectivity index (χ4n) is 1.69. The molecular weight excluding hydrogens is 206 g/mol. The molecule has 1 aromatic rings. The quantitative estimate of drug-likeness (QED) is 0.595. The summed E-state index contributed by atoms with van der Waals surface area (Å²) in [4.78, 5) is 0. The number of tetrazole rings is 1. The molecule has 0 saturated carbocycles. The number of rotatable bonds is 1. The first kappa shape index (κ1) is 9.53. The number of aromatic amines is 1. The second-order valence-electron chi connectivity index (χ2n) is 3.59. The number of H-pyrrole nitrogens is 1. The van der Waals surface area contributed by atoms with Crippen LogP contribution in [0.3, 0.4) is 0 Å². The lowest BCUT2D eigenvalue weighted by atomic mass is 9.96. The highest BCUT2D eigenvalue weighted by molar-refractivity contribution is 7.91. The molecule has 3 N–H and O–H groups in total. The molecule has 8 heteroatoms. The van der Waals surface area contributed by atoms with Crippen LogP contribution in [0.25, 0.3) is 0 Å². The number of hydrogen-bond donors (Lipinski definition) is 2. The van der Waals surface area contributed by atoms with Gasteiger partial charge in [-0.2, -0.15) is 5.21 Å². The van der Waals surface area contributed by atoms with Crippen molar-refractivity contribution in [3.63, 3.8) is 0 Å². The fourth-order valence-corrected chi connectivity index (χ4v) is 3.48. The molecule has 1 atom stereocenters. The van der Waals surface area contributed by atoms with E-state index in [9.17, 15) is 8.42 Å². The van der Waals surface area contributed by atoms with Gasteiger partial charge in [0, 0.05) is 0 Å². The smallest absolute Gasteiger partial charge is 0.195 e. The van der Waals surface area contributed by atoms with Crippen molar-refractivity contribution in [3.8, 4) is 0 Å². The molecule has 0 amide bonds. The summed E-state index contributed by atoms with van der Waals surface area (Å²) in [6, 6.07) is 0. The van der Waals surface area contributed by atoms with Crippen LogP contribution in [0, 0.1) is 0 Å². The van der Waals surface area contributed by atoms with E-state index in [1.165, 1.54) is 0 Å². The van der Waals surface area contributed by atoms with Gasteiger partial charge in [0.25, 0.3) is 0 Å². The van der Waals surface area contributed by atoms with Gasteiger partial charge in [0.15, 0.2) is 15.7 Å². The van der Waals surface area contributed by atoms with Gasteiger partial charge in [-0.1, -0.05) is 5.21 Å². The standard InChI is InChI=1S/C6H11N5O2S/c7-6(5-8-10-11-9-5)2-1-3-14(12,13)4-6/h1-4,7H2,(H,8,9,10,11). The van der Waals surface area contributed by atoms with Crippen LogP contribution in [-0.2, 0) is 15.4 Å². The van der Waals surface area contributed by atoms with Gasteiger partial charge < -0.3 is 5.73 Å². The highest BCUT2D eigenvalue weighted by atomic mass is 32.2. The van der Waals surface area contributed by atoms with Crippen molar-refractivity contribution < 1.29 is 8.42 Å². The molecule has 0 spiro atoms. The predicted molar refractivity (Wildman–Crippen MR) is 47.9 cm³/mol. The SMILES string of the molecule is NC1(c2nn[nH]n2)CCCS(=O)(=O)C1. The van der Waals surface area contributed by atoms with Crippen LogP contribution in [0.1, 0.15) is 18.7 Å². The number of aromatic nitrogens is 4. The van der Waals surface area contributed by atoms with Crippen LogP contribution >= 0.6 is 0 Å². The largest absolute Gasteiger partial charge is 0.318 e. The van der Waals surface area contributed by atoms with Crippen LogP contribution in [0.15, 0.2) is 0 Å². The molecule has 1 aromatic heterocycles. The first-order valence-electron chi connectivity index (χ1n) is 4.25. The summed E-state index contributed by atoms with van der Waals surface area (Å²) in [7, 11) is -3.06. The van der Waals surface area contributed by atoms with Crippen molar-refractivity contribution in [1.82, 2.24) is 20.6 Å². The Morgan fingerprint density at radius 3 is 2.86 bits per heavy atom. The molecule has 0 aliphatic carbocycles. The maximum absolute atomic E-state index is 11.4. The summed E-state index contributed by atoms with van der Waals surface area (Å²) in [5, 5.41) is 13.1. The van der Waals surface area contributed by atoms with Crippen molar-refractivity contribution in [1.29, 1.82) is 0 Å². The van der Waals surface area contributed by atoms with E-state index in [-0.39, 0.29) is 17.3 Å². The molecule has 1 aliphatic rings. The van der Waals surface area contributed by atoms with Gasteiger partial charge in [0.05, 0.1) is 17.0 Å². The lowest BCUT2D eigenvalue weighted by Crippen LogP contribution is -2.48. The summed E-state index contributed by atoms with van der Waals surface area (Å²) in [6.45, 7) is 0. The van der Waals surface area contributed by atoms with Gasteiger partial charge in [-0.15, -0.1) is 10.2 Å². The van der Waals surface area contributed by atoms with E-state index >= 15 is 0 Å². The average Bonchev–Trinajstić information content (AvgIpc) is 2.52. The molecule has 2 rings (SSSR count). The van der Waals surface area contributed by atoms with Crippen LogP contribution in [0.2, 0.25) is 0 Å². The van der Waals surface area contributed by atoms with Gasteiger partial charge in [-0.25, -0.2) is 8.42 Å². The average molecular weight is 217 g/mol. The molecule has 1 fully saturated rings. The van der Waals surface area contributed by atoms with Gasteiger partial charge in [0.2, 0.25) is 0 Å². The molecular formula is C6H11N5O2S. The Kier molecular flexibility index (Phi) is 2.04. The second kappa shape index (κ2) is 2.99. The zero-order valence-corrected chi connectivity index (χ0v) is 8.29. The molecule has 1 aliphatic heterocycles. The Labute approximate surface area is 81.0 Å². The molecule has 0 radical (unpaired) electrons. The first-order chi connectivity index (χ1) is 6.52. The van der Waals surface area contributed by atoms with Crippen LogP contribution < -0.4 is 5.73 Å². The summed E-state index contributed by atoms with van der Waals surface area (Å²) < 4.78 is 22.8. The normalized spacial score (nSPS) is 31.5. The number of nitrogens with zero attached hydrogens (tertiary/aromatic N) is 3. The van der Waals surface area contributed by atoms with Crippen LogP contribution in [0.4, 0.5) is 0 Å². The topological polar surface area (TPSA) is 115 Å². The monoisotopic (exact) mass is 217 g/mol. The van der Waals surface area contributed by atoms with Gasteiger partial charge >= 0.3 is 0 Å². The maximum atomic E-state index is 11.4. The lowest BCUT2D eigenvalue weighted by molar-refractivity contribution is 0.401. The van der Waals surface area contributed by atoms with Crippen molar-refractivity contribution in [3.05, 3.63) is 5.82 Å². The Hall–Kier alpha value is -1.02. The summed E-state index contributed by atoms with van der Waals surface area (Å²) in [6.07, 6.45) is 1.12. The number of sulfone groups is 1. The molecule has 14 heavy (non-hydrogen) atoms. The lowest BCUT2D eigenvalue weighted by Gasteiger charge is -2.29. The van der Waals surface area contributed by atoms with Crippen molar-refractivity contribution in [2.24, 2.45) is 5.73 Å². The summed E-state index contributed by atoms with van der Waals surface area (Å²) >= 11 is 0. The number of hydrogen-bond acceptors (Lipinski definition) is 6. The third-order valence-electron chi connectivity index (χ3n) is 2.35. The molecule has 1 saturated heterocycles. The minimum absolute atomic E-state index is 0.0977. The Bertz CT molecular complexity index is 413. The van der Waals surface area contributed by atoms with Crippen molar-refractivity contribution in [2.45, 2.75) is 18.4 Å². The van der Waals surface area contributed by atoms with E-state index in [2.05, 4.69) is 20.6 Å². The van der Waals surface area contributed by atoms with Gasteiger partial charge in [-0.05, 0) is 12.8 Å². The van der Waals surface area contributed by atoms with E-state index in [0.717, 1.165) is 0 Å². The Morgan fingerprint density at radius 1 is 1.50 bits per heavy atom. The van der Waals surface area contributed by atoms with E-state index in [4.69, 9.17) is 5.73 Å². The summed E-state index contributed by atoms with van der Waals surface area (Å²) in [5.41, 5.74) is 4.97. The highest BCUT2D eigenvalue weighted by Crippen LogP contribution is 2.27. The second-order valence-corrected chi connectivity index (χ2v) is 5.77. The minimum atomic E-state index is -3.06. The van der Waals surface area contributed by atoms with E-state index in [1.807, 2.05) is 0 Å². The zero-order chi connectivity index (χ0) is 10.2. The van der Waals surface area contributed by atoms with E-state index in [0.29, 0.717) is 12.8 Å². The molecule has 1 unspecified atom stereocenters. The number of nitrogens with one attached hydrogen (secondary N) is 1. The Balaban J connectivity index is 2.33. The summed E-state index contributed by atoms with van der Waals surface area (Å²) in [5.74, 6) is 0.379. The minimum Gasteiger partial charge on any atom is -0.318 e. The third kappa shape index (κ3) is 1.62. The Morgan fingerprint density at radius 2 is 2.29 bits per heavy atom. The third-order valence-corrected chi connectivity index (χ3v) is 4.21. The molecule has 0 bridgehead atoms. The van der Waals surface area contributed by atoms with Crippen LogP contribution in [-0.4, -0.2) is 40.5 Å². The highest BCUT2D eigenvalue weighted by Gasteiger charge is 2.40. The van der Waals surface area contributed by atoms with Crippen molar-refractivity contribution in [2.75, 3.05) is 11.5 Å². The van der Waals surface area contributed by atoms with E-state index < -0.39 is 15.4 Å². The fraction of sp³-hybridized carbons (Fsp3) is 0.833. The van der Waals surface area contributed by atoms with E-state index in [1.54, 1.807) is 0 Å². The molecule has 2 heterocycles. The zero-order valence-electron chi connectivity index (χ0n) is 7.47. The van der Waals surface area contributed by atoms with Crippen LogP contribution in [0.5, 0.6) is 0 Å². The van der Waals surface area contributed by atoms with Crippen molar-refractivity contribution >= 4 is 9.84 Å². The predicted octanol–water partition coefficient (Wildman–Crippen LogP) is -1.44. The first-order valence-corrected chi connectivity index (χ1v) is 6.07.